The van der Waals surface area contributed by atoms with Crippen molar-refractivity contribution in [3.05, 3.63) is 29.8 Å². The second kappa shape index (κ2) is 11.4. The Balaban J connectivity index is 0.000000409. The van der Waals surface area contributed by atoms with Crippen LogP contribution in [-0.2, 0) is 9.59 Å². The Bertz CT molecular complexity index is 474. The number of hydrogen-bond acceptors (Lipinski definition) is 5. The van der Waals surface area contributed by atoms with Crippen LogP contribution in [0.2, 0.25) is 0 Å². The minimum Gasteiger partial charge on any atom is -0.480 e. The van der Waals surface area contributed by atoms with Crippen LogP contribution in [0.25, 0.3) is 0 Å². The molecule has 6 N–H and O–H groups in total. The third-order valence-corrected chi connectivity index (χ3v) is 2.65. The molecule has 122 valence electrons. The highest BCUT2D eigenvalue weighted by Crippen LogP contribution is 2.07. The molecule has 0 aromatic heterocycles. The highest BCUT2D eigenvalue weighted by molar-refractivity contribution is 5.89. The Morgan fingerprint density at radius 1 is 1.27 bits per heavy atom. The van der Waals surface area contributed by atoms with Crippen molar-refractivity contribution in [1.82, 2.24) is 0 Å². The number of nitrogens with two attached hydrogens (primary N) is 2. The van der Waals surface area contributed by atoms with Gasteiger partial charge < -0.3 is 21.9 Å². The molecule has 0 saturated carbocycles. The predicted octanol–water partition coefficient (Wildman–Crippen LogP) is 0.985. The normalized spacial score (nSPS) is 10.9. The van der Waals surface area contributed by atoms with E-state index in [1.165, 1.54) is 6.92 Å². The second-order valence-corrected chi connectivity index (χ2v) is 4.65. The molecule has 0 unspecified atom stereocenters. The van der Waals surface area contributed by atoms with Gasteiger partial charge in [0.25, 0.3) is 0 Å². The van der Waals surface area contributed by atoms with Crippen LogP contribution in [-0.4, -0.2) is 35.9 Å². The van der Waals surface area contributed by atoms with E-state index in [-0.39, 0.29) is 5.91 Å². The summed E-state index contributed by atoms with van der Waals surface area (Å²) in [6.45, 7) is 2.04. The zero-order chi connectivity index (χ0) is 17.0. The average Bonchev–Trinajstić information content (AvgIpc) is 2.48. The number of unbranched alkanes of at least 4 members (excludes halogenated alkanes) is 1. The SMILES string of the molecule is CC(=O)Nc1ccc(C=O)cc1.NCCCC[C@@H](N)C(=O)O. The lowest BCUT2D eigenvalue weighted by Crippen LogP contribution is -2.29. The van der Waals surface area contributed by atoms with Crippen LogP contribution in [0.3, 0.4) is 0 Å². The molecule has 1 atom stereocenters. The minimum atomic E-state index is -0.933. The molecule has 0 saturated heterocycles. The molecule has 0 aliphatic carbocycles. The van der Waals surface area contributed by atoms with Crippen LogP contribution in [0.15, 0.2) is 24.3 Å². The van der Waals surface area contributed by atoms with Crippen molar-refractivity contribution >= 4 is 23.9 Å². The molecular formula is C15H23N3O4. The quantitative estimate of drug-likeness (QED) is 0.438. The molecule has 0 fully saturated rings. The van der Waals surface area contributed by atoms with Gasteiger partial charge in [0.15, 0.2) is 0 Å². The van der Waals surface area contributed by atoms with Crippen LogP contribution in [0.4, 0.5) is 5.69 Å². The zero-order valence-corrected chi connectivity index (χ0v) is 12.6. The predicted molar refractivity (Wildman–Crippen MR) is 84.6 cm³/mol. The fourth-order valence-electron chi connectivity index (χ4n) is 1.48. The summed E-state index contributed by atoms with van der Waals surface area (Å²) in [5.41, 5.74) is 11.7. The average molecular weight is 309 g/mol. The largest absolute Gasteiger partial charge is 0.480 e. The summed E-state index contributed by atoms with van der Waals surface area (Å²) in [4.78, 5) is 31.0. The summed E-state index contributed by atoms with van der Waals surface area (Å²) in [6.07, 6.45) is 2.93. The van der Waals surface area contributed by atoms with E-state index >= 15 is 0 Å². The number of hydrogen-bond donors (Lipinski definition) is 4. The first kappa shape index (κ1) is 19.8. The maximum atomic E-state index is 10.6. The van der Waals surface area contributed by atoms with E-state index in [1.54, 1.807) is 24.3 Å². The number of rotatable bonds is 7. The molecule has 0 radical (unpaired) electrons. The van der Waals surface area contributed by atoms with Gasteiger partial charge in [-0.15, -0.1) is 0 Å². The van der Waals surface area contributed by atoms with Gasteiger partial charge in [0.2, 0.25) is 5.91 Å². The molecule has 0 aliphatic heterocycles. The van der Waals surface area contributed by atoms with Gasteiger partial charge in [-0.05, 0) is 43.7 Å². The number of anilines is 1. The summed E-state index contributed by atoms with van der Waals surface area (Å²) in [7, 11) is 0. The first-order chi connectivity index (χ1) is 10.4. The maximum Gasteiger partial charge on any atom is 0.320 e. The van der Waals surface area contributed by atoms with Crippen molar-refractivity contribution in [2.45, 2.75) is 32.2 Å². The monoisotopic (exact) mass is 309 g/mol. The number of aldehydes is 1. The molecule has 0 bridgehead atoms. The fraction of sp³-hybridized carbons (Fsp3) is 0.400. The Morgan fingerprint density at radius 3 is 2.27 bits per heavy atom. The van der Waals surface area contributed by atoms with Gasteiger partial charge >= 0.3 is 5.97 Å². The number of aliphatic carboxylic acids is 1. The van der Waals surface area contributed by atoms with Gasteiger partial charge in [0.05, 0.1) is 0 Å². The van der Waals surface area contributed by atoms with Gasteiger partial charge in [0.1, 0.15) is 12.3 Å². The Kier molecular flexibility index (Phi) is 10.2. The summed E-state index contributed by atoms with van der Waals surface area (Å²) in [6, 6.07) is 5.96. The first-order valence-corrected chi connectivity index (χ1v) is 6.92. The molecule has 7 heteroatoms. The second-order valence-electron chi connectivity index (χ2n) is 4.65. The number of carbonyl (C=O) groups is 3. The van der Waals surface area contributed by atoms with Crippen LogP contribution < -0.4 is 16.8 Å². The van der Waals surface area contributed by atoms with Gasteiger partial charge in [-0.2, -0.15) is 0 Å². The lowest BCUT2D eigenvalue weighted by Gasteiger charge is -2.03. The third kappa shape index (κ3) is 9.62. The molecular weight excluding hydrogens is 286 g/mol. The van der Waals surface area contributed by atoms with Gasteiger partial charge in [0, 0.05) is 18.2 Å². The lowest BCUT2D eigenvalue weighted by molar-refractivity contribution is -0.138. The number of carbonyl (C=O) groups excluding carboxylic acids is 2. The van der Waals surface area contributed by atoms with Crippen molar-refractivity contribution in [2.24, 2.45) is 11.5 Å². The van der Waals surface area contributed by atoms with E-state index in [0.29, 0.717) is 24.2 Å². The Hall–Kier alpha value is -2.25. The molecule has 1 rings (SSSR count). The van der Waals surface area contributed by atoms with Gasteiger partial charge in [-0.25, -0.2) is 0 Å². The molecule has 1 aromatic rings. The van der Waals surface area contributed by atoms with Crippen molar-refractivity contribution in [1.29, 1.82) is 0 Å². The van der Waals surface area contributed by atoms with Crippen molar-refractivity contribution in [2.75, 3.05) is 11.9 Å². The van der Waals surface area contributed by atoms with E-state index in [9.17, 15) is 14.4 Å². The van der Waals surface area contributed by atoms with Crippen molar-refractivity contribution in [3.8, 4) is 0 Å². The highest BCUT2D eigenvalue weighted by atomic mass is 16.4. The summed E-state index contributed by atoms with van der Waals surface area (Å²) in [5.74, 6) is -1.05. The van der Waals surface area contributed by atoms with Crippen LogP contribution in [0, 0.1) is 0 Å². The maximum absolute atomic E-state index is 10.6. The molecule has 0 spiro atoms. The Labute approximate surface area is 129 Å². The van der Waals surface area contributed by atoms with E-state index in [1.807, 2.05) is 0 Å². The molecule has 1 amide bonds. The fourth-order valence-corrected chi connectivity index (χ4v) is 1.48. The highest BCUT2D eigenvalue weighted by Gasteiger charge is 2.09. The summed E-state index contributed by atoms with van der Waals surface area (Å²) < 4.78 is 0. The first-order valence-electron chi connectivity index (χ1n) is 6.92. The van der Waals surface area contributed by atoms with E-state index in [0.717, 1.165) is 19.1 Å². The summed E-state index contributed by atoms with van der Waals surface area (Å²) >= 11 is 0. The van der Waals surface area contributed by atoms with Crippen molar-refractivity contribution in [3.63, 3.8) is 0 Å². The van der Waals surface area contributed by atoms with Crippen LogP contribution in [0.5, 0.6) is 0 Å². The molecule has 1 aromatic carbocycles. The zero-order valence-electron chi connectivity index (χ0n) is 12.6. The topological polar surface area (TPSA) is 136 Å². The number of carboxylic acids is 1. The molecule has 22 heavy (non-hydrogen) atoms. The number of amides is 1. The molecule has 0 heterocycles. The van der Waals surface area contributed by atoms with Gasteiger partial charge in [-0.1, -0.05) is 6.42 Å². The Morgan fingerprint density at radius 2 is 1.86 bits per heavy atom. The van der Waals surface area contributed by atoms with E-state index < -0.39 is 12.0 Å². The third-order valence-electron chi connectivity index (χ3n) is 2.65. The van der Waals surface area contributed by atoms with Crippen LogP contribution >= 0.6 is 0 Å². The standard InChI is InChI=1S/C9H9NO2.C6H14N2O2/c1-7(12)10-9-4-2-8(6-11)3-5-9;7-4-2-1-3-5(8)6(9)10/h2-6H,1H3,(H,10,12);5H,1-4,7-8H2,(H,9,10)/t;5-/m.1/s1. The number of nitrogens with one attached hydrogen (secondary N) is 1. The molecule has 7 nitrogen and oxygen atoms in total. The van der Waals surface area contributed by atoms with Gasteiger partial charge in [-0.3, -0.25) is 14.4 Å². The number of carboxylic acid groups (broad SMARTS) is 1. The van der Waals surface area contributed by atoms with Crippen LogP contribution in [0.1, 0.15) is 36.5 Å². The molecule has 0 aliphatic rings. The van der Waals surface area contributed by atoms with E-state index in [2.05, 4.69) is 5.32 Å². The number of benzene rings is 1. The van der Waals surface area contributed by atoms with Crippen molar-refractivity contribution < 1.29 is 19.5 Å². The van der Waals surface area contributed by atoms with E-state index in [4.69, 9.17) is 16.6 Å². The minimum absolute atomic E-state index is 0.117. The lowest BCUT2D eigenvalue weighted by atomic mass is 10.1. The summed E-state index contributed by atoms with van der Waals surface area (Å²) in [5, 5.41) is 10.9. The smallest absolute Gasteiger partial charge is 0.320 e.